The van der Waals surface area contributed by atoms with Gasteiger partial charge in [0.05, 0.1) is 11.7 Å². The van der Waals surface area contributed by atoms with E-state index in [1.807, 2.05) is 0 Å². The minimum Gasteiger partial charge on any atom is -0.396 e. The van der Waals surface area contributed by atoms with Gasteiger partial charge in [-0.3, -0.25) is 4.68 Å². The zero-order valence-electron chi connectivity index (χ0n) is 13.4. The minimum atomic E-state index is 0.294. The molecule has 21 heavy (non-hydrogen) atoms. The molecule has 2 rings (SSSR count). The van der Waals surface area contributed by atoms with Crippen molar-refractivity contribution in [2.45, 2.75) is 70.9 Å². The second-order valence-corrected chi connectivity index (χ2v) is 6.38. The second kappa shape index (κ2) is 9.21. The van der Waals surface area contributed by atoms with Gasteiger partial charge in [0.25, 0.3) is 0 Å². The predicted molar refractivity (Wildman–Crippen MR) is 86.2 cm³/mol. The number of aliphatic hydroxyl groups excluding tert-OH is 1. The quantitative estimate of drug-likeness (QED) is 0.734. The van der Waals surface area contributed by atoms with Gasteiger partial charge in [-0.1, -0.05) is 32.6 Å². The molecule has 120 valence electrons. The molecule has 1 heterocycles. The Labute approximate surface area is 128 Å². The van der Waals surface area contributed by atoms with Gasteiger partial charge in [0.1, 0.15) is 0 Å². The molecular weight excluding hydrogens is 262 g/mol. The molecule has 4 nitrogen and oxygen atoms in total. The van der Waals surface area contributed by atoms with E-state index in [4.69, 9.17) is 10.2 Å². The third-order valence-electron chi connectivity index (χ3n) is 4.59. The van der Waals surface area contributed by atoms with E-state index in [1.165, 1.54) is 44.9 Å². The first-order chi connectivity index (χ1) is 10.3. The highest BCUT2D eigenvalue weighted by atomic mass is 16.3. The van der Waals surface area contributed by atoms with Crippen molar-refractivity contribution < 1.29 is 5.11 Å². The molecule has 1 unspecified atom stereocenters. The Bertz CT molecular complexity index is 379. The highest BCUT2D eigenvalue weighted by Crippen LogP contribution is 2.27. The van der Waals surface area contributed by atoms with Gasteiger partial charge >= 0.3 is 0 Å². The van der Waals surface area contributed by atoms with Gasteiger partial charge < -0.3 is 10.4 Å². The van der Waals surface area contributed by atoms with E-state index >= 15 is 0 Å². The van der Waals surface area contributed by atoms with E-state index in [-0.39, 0.29) is 0 Å². The predicted octanol–water partition coefficient (Wildman–Crippen LogP) is 3.28. The van der Waals surface area contributed by atoms with Crippen LogP contribution in [0.1, 0.15) is 70.0 Å². The summed E-state index contributed by atoms with van der Waals surface area (Å²) < 4.78 is 2.17. The number of hydrogen-bond donors (Lipinski definition) is 2. The summed E-state index contributed by atoms with van der Waals surface area (Å²) in [7, 11) is 0. The second-order valence-electron chi connectivity index (χ2n) is 6.38. The largest absolute Gasteiger partial charge is 0.396 e. The Hall–Kier alpha value is -0.870. The third-order valence-corrected chi connectivity index (χ3v) is 4.59. The first-order valence-corrected chi connectivity index (χ1v) is 8.69. The lowest BCUT2D eigenvalue weighted by molar-refractivity contribution is 0.248. The summed E-state index contributed by atoms with van der Waals surface area (Å²) in [5.74, 6) is 0.584. The molecule has 0 spiro atoms. The lowest BCUT2D eigenvalue weighted by Gasteiger charge is -2.21. The molecule has 0 bridgehead atoms. The molecule has 1 aliphatic carbocycles. The van der Waals surface area contributed by atoms with Crippen LogP contribution < -0.4 is 5.32 Å². The van der Waals surface area contributed by atoms with Crippen LogP contribution in [-0.2, 0) is 6.54 Å². The van der Waals surface area contributed by atoms with Crippen LogP contribution in [0.15, 0.2) is 12.3 Å². The number of nitrogens with zero attached hydrogens (tertiary/aromatic N) is 2. The molecule has 1 fully saturated rings. The summed E-state index contributed by atoms with van der Waals surface area (Å²) in [6.45, 7) is 4.31. The number of aliphatic hydroxyl groups is 1. The summed E-state index contributed by atoms with van der Waals surface area (Å²) in [4.78, 5) is 0. The van der Waals surface area contributed by atoms with Gasteiger partial charge in [-0.05, 0) is 44.2 Å². The number of nitrogens with one attached hydrogen (secondary N) is 1. The van der Waals surface area contributed by atoms with Crippen LogP contribution >= 0.6 is 0 Å². The van der Waals surface area contributed by atoms with Crippen LogP contribution in [0.4, 0.5) is 0 Å². The average Bonchev–Trinajstić information content (AvgIpc) is 2.97. The van der Waals surface area contributed by atoms with E-state index in [9.17, 15) is 0 Å². The lowest BCUT2D eigenvalue weighted by atomic mass is 9.96. The molecule has 1 saturated carbocycles. The molecule has 0 saturated heterocycles. The number of aromatic nitrogens is 2. The molecule has 1 aromatic heterocycles. The topological polar surface area (TPSA) is 50.1 Å². The normalized spacial score (nSPS) is 18.0. The summed E-state index contributed by atoms with van der Waals surface area (Å²) in [5.41, 5.74) is 1.14. The number of rotatable bonds is 9. The van der Waals surface area contributed by atoms with Crippen molar-refractivity contribution in [2.24, 2.45) is 5.92 Å². The van der Waals surface area contributed by atoms with E-state index in [0.29, 0.717) is 18.6 Å². The molecule has 0 aliphatic heterocycles. The van der Waals surface area contributed by atoms with Gasteiger partial charge in [0.15, 0.2) is 0 Å². The van der Waals surface area contributed by atoms with Gasteiger partial charge in [0.2, 0.25) is 0 Å². The summed E-state index contributed by atoms with van der Waals surface area (Å²) in [6, 6.07) is 2.76. The fourth-order valence-electron chi connectivity index (χ4n) is 3.36. The van der Waals surface area contributed by atoms with Gasteiger partial charge in [-0.25, -0.2) is 0 Å². The highest BCUT2D eigenvalue weighted by Gasteiger charge is 2.16. The smallest absolute Gasteiger partial charge is 0.0762 e. The van der Waals surface area contributed by atoms with Gasteiger partial charge in [0, 0.05) is 19.3 Å². The van der Waals surface area contributed by atoms with Crippen LogP contribution in [0.2, 0.25) is 0 Å². The molecular formula is C17H31N3O. The minimum absolute atomic E-state index is 0.294. The zero-order chi connectivity index (χ0) is 14.9. The van der Waals surface area contributed by atoms with Gasteiger partial charge in [-0.2, -0.15) is 5.10 Å². The molecule has 1 atom stereocenters. The average molecular weight is 293 g/mol. The van der Waals surface area contributed by atoms with Crippen molar-refractivity contribution in [3.05, 3.63) is 18.0 Å². The Balaban J connectivity index is 1.74. The Morgan fingerprint density at radius 3 is 2.86 bits per heavy atom. The number of hydrogen-bond acceptors (Lipinski definition) is 3. The van der Waals surface area contributed by atoms with Crippen molar-refractivity contribution in [1.82, 2.24) is 15.1 Å². The Morgan fingerprint density at radius 2 is 2.14 bits per heavy atom. The lowest BCUT2D eigenvalue weighted by Crippen LogP contribution is -2.23. The van der Waals surface area contributed by atoms with Crippen molar-refractivity contribution in [3.63, 3.8) is 0 Å². The maximum Gasteiger partial charge on any atom is 0.0762 e. The van der Waals surface area contributed by atoms with Crippen molar-refractivity contribution >= 4 is 0 Å². The third kappa shape index (κ3) is 5.44. The van der Waals surface area contributed by atoms with Crippen molar-refractivity contribution in [1.29, 1.82) is 0 Å². The summed E-state index contributed by atoms with van der Waals surface area (Å²) in [6.07, 6.45) is 12.0. The van der Waals surface area contributed by atoms with Crippen LogP contribution in [-0.4, -0.2) is 28.0 Å². The van der Waals surface area contributed by atoms with Crippen LogP contribution in [0, 0.1) is 5.92 Å². The molecule has 0 aromatic carbocycles. The molecule has 1 aliphatic rings. The van der Waals surface area contributed by atoms with E-state index in [0.717, 1.165) is 25.2 Å². The molecule has 1 aromatic rings. The fraction of sp³-hybridized carbons (Fsp3) is 0.824. The Kier molecular flexibility index (Phi) is 7.24. The Morgan fingerprint density at radius 1 is 1.33 bits per heavy atom. The first-order valence-electron chi connectivity index (χ1n) is 8.69. The maximum absolute atomic E-state index is 9.08. The summed E-state index contributed by atoms with van der Waals surface area (Å²) in [5, 5.41) is 17.3. The molecule has 2 N–H and O–H groups in total. The van der Waals surface area contributed by atoms with Crippen LogP contribution in [0.25, 0.3) is 0 Å². The summed E-state index contributed by atoms with van der Waals surface area (Å²) >= 11 is 0. The van der Waals surface area contributed by atoms with Crippen LogP contribution in [0.3, 0.4) is 0 Å². The SMILES string of the molecule is CCCC(CCO)CNCc1ccn(C2CCCCC2)n1. The first kappa shape index (κ1) is 16.5. The van der Waals surface area contributed by atoms with Crippen molar-refractivity contribution in [3.8, 4) is 0 Å². The fourth-order valence-corrected chi connectivity index (χ4v) is 3.36. The van der Waals surface area contributed by atoms with E-state index < -0.39 is 0 Å². The van der Waals surface area contributed by atoms with Gasteiger partial charge in [-0.15, -0.1) is 0 Å². The molecule has 0 radical (unpaired) electrons. The maximum atomic E-state index is 9.08. The van der Waals surface area contributed by atoms with E-state index in [1.54, 1.807) is 0 Å². The molecule has 4 heteroatoms. The standard InChI is InChI=1S/C17H31N3O/c1-2-6-15(10-12-21)13-18-14-16-9-11-20(19-16)17-7-4-3-5-8-17/h9,11,15,17-18,21H,2-8,10,12-14H2,1H3. The highest BCUT2D eigenvalue weighted by molar-refractivity contribution is 4.99. The zero-order valence-corrected chi connectivity index (χ0v) is 13.4. The van der Waals surface area contributed by atoms with Crippen molar-refractivity contribution in [2.75, 3.05) is 13.2 Å². The van der Waals surface area contributed by atoms with Crippen LogP contribution in [0.5, 0.6) is 0 Å². The van der Waals surface area contributed by atoms with E-state index in [2.05, 4.69) is 29.2 Å². The molecule has 0 amide bonds. The monoisotopic (exact) mass is 293 g/mol.